The first-order valence-corrected chi connectivity index (χ1v) is 9.29. The SMILES string of the molecule is COc1cc(/C=C/C(=O)NCCCOC2CCCCC2)ccc1OC(F)F. The standard InChI is InChI=1S/C20H27F2NO4/c1-25-18-14-15(8-10-17(18)27-20(21)22)9-11-19(24)23-12-5-13-26-16-6-3-2-4-7-16/h8-11,14,16,20H,2-7,12-13H2,1H3,(H,23,24)/b11-9+. The Hall–Kier alpha value is -2.15. The van der Waals surface area contributed by atoms with E-state index in [9.17, 15) is 13.6 Å². The molecule has 0 atom stereocenters. The smallest absolute Gasteiger partial charge is 0.387 e. The highest BCUT2D eigenvalue weighted by molar-refractivity contribution is 5.91. The molecular formula is C20H27F2NO4. The van der Waals surface area contributed by atoms with Crippen LogP contribution in [0.1, 0.15) is 44.1 Å². The van der Waals surface area contributed by atoms with Gasteiger partial charge in [0.05, 0.1) is 13.2 Å². The van der Waals surface area contributed by atoms with Gasteiger partial charge in [0.1, 0.15) is 0 Å². The van der Waals surface area contributed by atoms with E-state index < -0.39 is 6.61 Å². The number of amides is 1. The minimum atomic E-state index is -2.92. The molecule has 1 N–H and O–H groups in total. The number of ether oxygens (including phenoxy) is 3. The second-order valence-corrected chi connectivity index (χ2v) is 6.40. The maximum Gasteiger partial charge on any atom is 0.387 e. The molecule has 0 radical (unpaired) electrons. The van der Waals surface area contributed by atoms with Crippen molar-refractivity contribution in [3.8, 4) is 11.5 Å². The Morgan fingerprint density at radius 3 is 2.74 bits per heavy atom. The van der Waals surface area contributed by atoms with Crippen molar-refractivity contribution in [3.05, 3.63) is 29.8 Å². The summed E-state index contributed by atoms with van der Waals surface area (Å²) in [6, 6.07) is 4.48. The summed E-state index contributed by atoms with van der Waals surface area (Å²) in [5, 5.41) is 2.80. The van der Waals surface area contributed by atoms with Crippen LogP contribution in [0.4, 0.5) is 8.78 Å². The molecule has 0 heterocycles. The van der Waals surface area contributed by atoms with Gasteiger partial charge in [-0.2, -0.15) is 8.78 Å². The molecule has 1 amide bonds. The number of rotatable bonds is 10. The number of carbonyl (C=O) groups is 1. The molecule has 0 aliphatic heterocycles. The number of alkyl halides is 2. The highest BCUT2D eigenvalue weighted by Crippen LogP contribution is 2.29. The second kappa shape index (κ2) is 11.5. The Kier molecular flexibility index (Phi) is 9.04. The van der Waals surface area contributed by atoms with Crippen LogP contribution in [0, 0.1) is 0 Å². The summed E-state index contributed by atoms with van der Waals surface area (Å²) in [7, 11) is 1.36. The Labute approximate surface area is 158 Å². The molecule has 0 aromatic heterocycles. The van der Waals surface area contributed by atoms with Gasteiger partial charge in [-0.1, -0.05) is 25.3 Å². The molecule has 1 aromatic carbocycles. The molecule has 1 aliphatic carbocycles. The van der Waals surface area contributed by atoms with E-state index in [2.05, 4.69) is 10.1 Å². The lowest BCUT2D eigenvalue weighted by Crippen LogP contribution is -2.24. The maximum absolute atomic E-state index is 12.3. The number of halogens is 2. The number of hydrogen-bond donors (Lipinski definition) is 1. The molecule has 2 rings (SSSR count). The fraction of sp³-hybridized carbons (Fsp3) is 0.550. The van der Waals surface area contributed by atoms with E-state index in [4.69, 9.17) is 9.47 Å². The average molecular weight is 383 g/mol. The van der Waals surface area contributed by atoms with Crippen LogP contribution in [0.25, 0.3) is 6.08 Å². The van der Waals surface area contributed by atoms with Gasteiger partial charge in [0.25, 0.3) is 0 Å². The predicted octanol–water partition coefficient (Wildman–Crippen LogP) is 4.17. The van der Waals surface area contributed by atoms with Crippen LogP contribution in [0.5, 0.6) is 11.5 Å². The van der Waals surface area contributed by atoms with Gasteiger partial charge in [0, 0.05) is 19.2 Å². The lowest BCUT2D eigenvalue weighted by Gasteiger charge is -2.21. The molecular weight excluding hydrogens is 356 g/mol. The molecule has 150 valence electrons. The summed E-state index contributed by atoms with van der Waals surface area (Å²) in [6.45, 7) is -1.73. The third-order valence-corrected chi connectivity index (χ3v) is 4.36. The molecule has 1 saturated carbocycles. The first-order valence-electron chi connectivity index (χ1n) is 9.29. The molecule has 1 aromatic rings. The molecule has 1 aliphatic rings. The summed E-state index contributed by atoms with van der Waals surface area (Å²) in [4.78, 5) is 11.9. The van der Waals surface area contributed by atoms with Crippen LogP contribution in [0.2, 0.25) is 0 Å². The fourth-order valence-electron chi connectivity index (χ4n) is 2.98. The van der Waals surface area contributed by atoms with Crippen molar-refractivity contribution in [3.63, 3.8) is 0 Å². The lowest BCUT2D eigenvalue weighted by atomic mass is 9.98. The molecule has 5 nitrogen and oxygen atoms in total. The van der Waals surface area contributed by atoms with E-state index >= 15 is 0 Å². The Morgan fingerprint density at radius 2 is 2.04 bits per heavy atom. The third-order valence-electron chi connectivity index (χ3n) is 4.36. The van der Waals surface area contributed by atoms with Crippen LogP contribution in [-0.4, -0.2) is 38.9 Å². The van der Waals surface area contributed by atoms with Crippen LogP contribution in [0.3, 0.4) is 0 Å². The van der Waals surface area contributed by atoms with Gasteiger partial charge in [-0.15, -0.1) is 0 Å². The zero-order valence-corrected chi connectivity index (χ0v) is 15.6. The van der Waals surface area contributed by atoms with E-state index in [0.717, 1.165) is 19.3 Å². The van der Waals surface area contributed by atoms with Crippen molar-refractivity contribution in [2.45, 2.75) is 51.2 Å². The number of nitrogens with one attached hydrogen (secondary N) is 1. The van der Waals surface area contributed by atoms with E-state index in [0.29, 0.717) is 24.8 Å². The summed E-state index contributed by atoms with van der Waals surface area (Å²) in [6.07, 6.45) is 10.2. The zero-order valence-electron chi connectivity index (χ0n) is 15.6. The summed E-state index contributed by atoms with van der Waals surface area (Å²) < 4.78 is 39.8. The van der Waals surface area contributed by atoms with Gasteiger partial charge >= 0.3 is 6.61 Å². The first kappa shape index (κ1) is 21.2. The molecule has 7 heteroatoms. The van der Waals surface area contributed by atoms with Crippen LogP contribution < -0.4 is 14.8 Å². The van der Waals surface area contributed by atoms with Crippen LogP contribution in [0.15, 0.2) is 24.3 Å². The maximum atomic E-state index is 12.3. The third kappa shape index (κ3) is 7.95. The van der Waals surface area contributed by atoms with Crippen molar-refractivity contribution in [2.75, 3.05) is 20.3 Å². The van der Waals surface area contributed by atoms with Gasteiger partial charge in [-0.25, -0.2) is 0 Å². The van der Waals surface area contributed by atoms with Crippen molar-refractivity contribution in [1.82, 2.24) is 5.32 Å². The number of hydrogen-bond acceptors (Lipinski definition) is 4. The average Bonchev–Trinajstić information content (AvgIpc) is 2.67. The van der Waals surface area contributed by atoms with Gasteiger partial charge in [-0.3, -0.25) is 4.79 Å². The quantitative estimate of drug-likeness (QED) is 0.487. The highest BCUT2D eigenvalue weighted by atomic mass is 19.3. The van der Waals surface area contributed by atoms with E-state index in [1.165, 1.54) is 44.6 Å². The van der Waals surface area contributed by atoms with Gasteiger partial charge in [-0.05, 0) is 43.0 Å². The van der Waals surface area contributed by atoms with Crippen LogP contribution in [-0.2, 0) is 9.53 Å². The van der Waals surface area contributed by atoms with E-state index in [1.807, 2.05) is 0 Å². The Bertz CT molecular complexity index is 616. The lowest BCUT2D eigenvalue weighted by molar-refractivity contribution is -0.116. The van der Waals surface area contributed by atoms with Gasteiger partial charge in [0.2, 0.25) is 5.91 Å². The Balaban J connectivity index is 1.70. The van der Waals surface area contributed by atoms with E-state index in [-0.39, 0.29) is 17.4 Å². The summed E-state index contributed by atoms with van der Waals surface area (Å²) in [5.74, 6) is -0.0932. The monoisotopic (exact) mass is 383 g/mol. The highest BCUT2D eigenvalue weighted by Gasteiger charge is 2.13. The van der Waals surface area contributed by atoms with Gasteiger partial charge in [0.15, 0.2) is 11.5 Å². The number of carbonyl (C=O) groups excluding carboxylic acids is 1. The van der Waals surface area contributed by atoms with Crippen molar-refractivity contribution in [1.29, 1.82) is 0 Å². The normalized spacial score (nSPS) is 15.3. The summed E-state index contributed by atoms with van der Waals surface area (Å²) >= 11 is 0. The van der Waals surface area contributed by atoms with Crippen LogP contribution >= 0.6 is 0 Å². The fourth-order valence-corrected chi connectivity index (χ4v) is 2.98. The van der Waals surface area contributed by atoms with Crippen molar-refractivity contribution in [2.24, 2.45) is 0 Å². The van der Waals surface area contributed by atoms with Crippen molar-refractivity contribution < 1.29 is 27.8 Å². The molecule has 0 spiro atoms. The summed E-state index contributed by atoms with van der Waals surface area (Å²) in [5.41, 5.74) is 0.643. The first-order chi connectivity index (χ1) is 13.1. The largest absolute Gasteiger partial charge is 0.493 e. The minimum absolute atomic E-state index is 0.0490. The topological polar surface area (TPSA) is 56.8 Å². The molecule has 0 unspecified atom stereocenters. The number of benzene rings is 1. The van der Waals surface area contributed by atoms with E-state index in [1.54, 1.807) is 12.1 Å². The van der Waals surface area contributed by atoms with Gasteiger partial charge < -0.3 is 19.5 Å². The molecule has 0 saturated heterocycles. The molecule has 27 heavy (non-hydrogen) atoms. The molecule has 0 bridgehead atoms. The minimum Gasteiger partial charge on any atom is -0.493 e. The molecule has 1 fully saturated rings. The predicted molar refractivity (Wildman–Crippen MR) is 99.1 cm³/mol. The number of methoxy groups -OCH3 is 1. The van der Waals surface area contributed by atoms with Crippen molar-refractivity contribution >= 4 is 12.0 Å². The Morgan fingerprint density at radius 1 is 1.26 bits per heavy atom. The zero-order chi connectivity index (χ0) is 19.5. The second-order valence-electron chi connectivity index (χ2n) is 6.40.